The van der Waals surface area contributed by atoms with Crippen molar-refractivity contribution in [3.8, 4) is 0 Å². The normalized spacial score (nSPS) is 12.0. The van der Waals surface area contributed by atoms with Crippen molar-refractivity contribution in [2.45, 2.75) is 38.0 Å². The van der Waals surface area contributed by atoms with E-state index in [4.69, 9.17) is 11.6 Å². The fourth-order valence-corrected chi connectivity index (χ4v) is 3.62. The number of alkyl halides is 1. The van der Waals surface area contributed by atoms with E-state index < -0.39 is 10.0 Å². The largest absolute Gasteiger partial charge is 0.243 e. The molecule has 0 unspecified atom stereocenters. The molecule has 0 heterocycles. The lowest BCUT2D eigenvalue weighted by atomic mass is 10.1. The molecule has 0 saturated heterocycles. The molecular formula is C14H22ClNO2S. The van der Waals surface area contributed by atoms with Crippen molar-refractivity contribution in [1.82, 2.24) is 4.31 Å². The first-order valence-corrected chi connectivity index (χ1v) is 8.68. The number of hydrogen-bond acceptors (Lipinski definition) is 2. The molecule has 0 aliphatic heterocycles. The Hall–Kier alpha value is -0.580. The summed E-state index contributed by atoms with van der Waals surface area (Å²) in [6, 6.07) is 7.13. The molecule has 0 aliphatic rings. The van der Waals surface area contributed by atoms with Crippen LogP contribution < -0.4 is 0 Å². The van der Waals surface area contributed by atoms with Gasteiger partial charge in [0.15, 0.2) is 0 Å². The van der Waals surface area contributed by atoms with Crippen LogP contribution in [0, 0.1) is 0 Å². The van der Waals surface area contributed by atoms with E-state index in [9.17, 15) is 8.42 Å². The fraction of sp³-hybridized carbons (Fsp3) is 0.571. The van der Waals surface area contributed by atoms with Crippen molar-refractivity contribution in [2.24, 2.45) is 0 Å². The Morgan fingerprint density at radius 1 is 1.16 bits per heavy atom. The fourth-order valence-electron chi connectivity index (χ4n) is 1.95. The van der Waals surface area contributed by atoms with Crippen molar-refractivity contribution in [1.29, 1.82) is 0 Å². The summed E-state index contributed by atoms with van der Waals surface area (Å²) in [7, 11) is -3.34. The van der Waals surface area contributed by atoms with Gasteiger partial charge in [0, 0.05) is 19.0 Å². The highest BCUT2D eigenvalue weighted by molar-refractivity contribution is 7.89. The molecule has 5 heteroatoms. The lowest BCUT2D eigenvalue weighted by Crippen LogP contribution is -2.31. The maximum atomic E-state index is 12.4. The molecule has 1 aromatic rings. The number of nitrogens with zero attached hydrogens (tertiary/aromatic N) is 1. The zero-order valence-corrected chi connectivity index (χ0v) is 13.2. The van der Waals surface area contributed by atoms with E-state index >= 15 is 0 Å². The Morgan fingerprint density at radius 2 is 1.79 bits per heavy atom. The van der Waals surface area contributed by atoms with Crippen molar-refractivity contribution >= 4 is 21.6 Å². The molecule has 0 bridgehead atoms. The van der Waals surface area contributed by atoms with Gasteiger partial charge >= 0.3 is 0 Å². The van der Waals surface area contributed by atoms with Crippen molar-refractivity contribution in [3.63, 3.8) is 0 Å². The Labute approximate surface area is 121 Å². The first kappa shape index (κ1) is 16.5. The summed E-state index contributed by atoms with van der Waals surface area (Å²) in [4.78, 5) is 0.373. The van der Waals surface area contributed by atoms with Crippen LogP contribution in [0.25, 0.3) is 0 Å². The van der Waals surface area contributed by atoms with E-state index in [0.717, 1.165) is 24.8 Å². The van der Waals surface area contributed by atoms with Crippen molar-refractivity contribution in [3.05, 3.63) is 29.8 Å². The summed E-state index contributed by atoms with van der Waals surface area (Å²) in [5.41, 5.74) is 1.12. The first-order chi connectivity index (χ1) is 9.06. The Kier molecular flexibility index (Phi) is 6.83. The lowest BCUT2D eigenvalue weighted by Gasteiger charge is -2.19. The maximum Gasteiger partial charge on any atom is 0.243 e. The van der Waals surface area contributed by atoms with E-state index in [2.05, 4.69) is 0 Å². The van der Waals surface area contributed by atoms with Crippen LogP contribution >= 0.6 is 11.6 Å². The van der Waals surface area contributed by atoms with Crippen molar-refractivity contribution < 1.29 is 8.42 Å². The van der Waals surface area contributed by atoms with Gasteiger partial charge in [0.2, 0.25) is 10.0 Å². The van der Waals surface area contributed by atoms with Crippen LogP contribution in [0.5, 0.6) is 0 Å². The number of hydrogen-bond donors (Lipinski definition) is 0. The van der Waals surface area contributed by atoms with Crippen LogP contribution in [0.4, 0.5) is 0 Å². The molecule has 1 aromatic carbocycles. The van der Waals surface area contributed by atoms with Crippen LogP contribution in [-0.2, 0) is 16.4 Å². The van der Waals surface area contributed by atoms with E-state index in [1.807, 2.05) is 26.0 Å². The van der Waals surface area contributed by atoms with Gasteiger partial charge in [0.25, 0.3) is 0 Å². The number of benzene rings is 1. The Bertz CT molecular complexity index is 471. The van der Waals surface area contributed by atoms with Gasteiger partial charge in [-0.1, -0.05) is 26.0 Å². The van der Waals surface area contributed by atoms with Crippen LogP contribution in [0.1, 0.15) is 32.3 Å². The minimum atomic E-state index is -3.34. The van der Waals surface area contributed by atoms with Gasteiger partial charge in [-0.05, 0) is 37.0 Å². The molecule has 19 heavy (non-hydrogen) atoms. The summed E-state index contributed by atoms with van der Waals surface area (Å²) >= 11 is 5.65. The predicted octanol–water partition coefficient (Wildman–Crippen LogP) is 3.28. The summed E-state index contributed by atoms with van der Waals surface area (Å²) in [6.45, 7) is 4.91. The van der Waals surface area contributed by atoms with Gasteiger partial charge in [0.1, 0.15) is 0 Å². The number of rotatable bonds is 8. The SMILES string of the molecule is CCCN(CC)S(=O)(=O)c1ccc(CCCCl)cc1. The second-order valence-electron chi connectivity index (χ2n) is 4.43. The van der Waals surface area contributed by atoms with E-state index in [1.54, 1.807) is 12.1 Å². The number of aryl methyl sites for hydroxylation is 1. The van der Waals surface area contributed by atoms with E-state index in [-0.39, 0.29) is 0 Å². The number of halogens is 1. The molecule has 1 rings (SSSR count). The maximum absolute atomic E-state index is 12.4. The van der Waals surface area contributed by atoms with E-state index in [0.29, 0.717) is 23.9 Å². The second kappa shape index (κ2) is 7.88. The standard InChI is InChI=1S/C14H22ClNO2S/c1-3-12-16(4-2)19(17,18)14-9-7-13(8-10-14)6-5-11-15/h7-10H,3-6,11-12H2,1-2H3. The number of sulfonamides is 1. The van der Waals surface area contributed by atoms with Gasteiger partial charge in [-0.15, -0.1) is 11.6 Å². The third-order valence-electron chi connectivity index (χ3n) is 2.99. The highest BCUT2D eigenvalue weighted by atomic mass is 35.5. The minimum Gasteiger partial charge on any atom is -0.207 e. The Morgan fingerprint density at radius 3 is 2.26 bits per heavy atom. The first-order valence-electron chi connectivity index (χ1n) is 6.71. The molecule has 0 saturated carbocycles. The smallest absolute Gasteiger partial charge is 0.207 e. The van der Waals surface area contributed by atoms with Crippen LogP contribution in [-0.4, -0.2) is 31.7 Å². The summed E-state index contributed by atoms with van der Waals surface area (Å²) in [6.07, 6.45) is 2.61. The summed E-state index contributed by atoms with van der Waals surface area (Å²) in [5, 5.41) is 0. The molecule has 108 valence electrons. The quantitative estimate of drug-likeness (QED) is 0.691. The van der Waals surface area contributed by atoms with Crippen LogP contribution in [0.2, 0.25) is 0 Å². The second-order valence-corrected chi connectivity index (χ2v) is 6.75. The summed E-state index contributed by atoms with van der Waals surface area (Å²) in [5.74, 6) is 0.625. The average Bonchev–Trinajstić information content (AvgIpc) is 2.42. The zero-order valence-electron chi connectivity index (χ0n) is 11.6. The van der Waals surface area contributed by atoms with Gasteiger partial charge in [-0.3, -0.25) is 0 Å². The molecule has 3 nitrogen and oxygen atoms in total. The molecule has 0 fully saturated rings. The molecule has 0 aliphatic carbocycles. The Balaban J connectivity index is 2.89. The summed E-state index contributed by atoms with van der Waals surface area (Å²) < 4.78 is 26.3. The monoisotopic (exact) mass is 303 g/mol. The third kappa shape index (κ3) is 4.48. The highest BCUT2D eigenvalue weighted by Gasteiger charge is 2.21. The molecular weight excluding hydrogens is 282 g/mol. The van der Waals surface area contributed by atoms with Gasteiger partial charge in [-0.2, -0.15) is 4.31 Å². The average molecular weight is 304 g/mol. The minimum absolute atomic E-state index is 0.373. The molecule has 0 atom stereocenters. The topological polar surface area (TPSA) is 37.4 Å². The van der Waals surface area contributed by atoms with Gasteiger partial charge in [-0.25, -0.2) is 8.42 Å². The zero-order chi connectivity index (χ0) is 14.3. The van der Waals surface area contributed by atoms with Gasteiger partial charge in [0.05, 0.1) is 4.90 Å². The molecule has 0 radical (unpaired) electrons. The molecule has 0 spiro atoms. The molecule has 0 N–H and O–H groups in total. The van der Waals surface area contributed by atoms with Crippen molar-refractivity contribution in [2.75, 3.05) is 19.0 Å². The van der Waals surface area contributed by atoms with E-state index in [1.165, 1.54) is 4.31 Å². The van der Waals surface area contributed by atoms with Crippen LogP contribution in [0.15, 0.2) is 29.2 Å². The lowest BCUT2D eigenvalue weighted by molar-refractivity contribution is 0.427. The third-order valence-corrected chi connectivity index (χ3v) is 5.24. The predicted molar refractivity (Wildman–Crippen MR) is 80.2 cm³/mol. The molecule has 0 aromatic heterocycles. The van der Waals surface area contributed by atoms with Gasteiger partial charge < -0.3 is 0 Å². The highest BCUT2D eigenvalue weighted by Crippen LogP contribution is 2.17. The molecule has 0 amide bonds. The van der Waals surface area contributed by atoms with Crippen LogP contribution in [0.3, 0.4) is 0 Å².